The predicted octanol–water partition coefficient (Wildman–Crippen LogP) is 4.33. The Morgan fingerprint density at radius 2 is 1.66 bits per heavy atom. The molecule has 0 heterocycles. The zero-order chi connectivity index (χ0) is 26.5. The third-order valence-electron chi connectivity index (χ3n) is 5.25. The summed E-state index contributed by atoms with van der Waals surface area (Å²) in [4.78, 5) is 40.0. The minimum Gasteiger partial charge on any atom is -0.508 e. The van der Waals surface area contributed by atoms with E-state index >= 15 is 0 Å². The van der Waals surface area contributed by atoms with Gasteiger partial charge in [0.25, 0.3) is 11.8 Å². The molecule has 35 heavy (non-hydrogen) atoms. The SMILES string of the molecule is C#CN(C(=O)C(C)NC(=O)OC(C)(C)C)C(C(=O)Nc1c(C)cccc1C)c1ccc(O)c(C)c1. The number of alkyl carbamates (subject to hydrolysis) is 1. The number of nitrogens with one attached hydrogen (secondary N) is 2. The van der Waals surface area contributed by atoms with Crippen LogP contribution in [0.3, 0.4) is 0 Å². The maximum absolute atomic E-state index is 13.6. The Bertz CT molecular complexity index is 1140. The number of benzene rings is 2. The lowest BCUT2D eigenvalue weighted by Gasteiger charge is -2.29. The minimum absolute atomic E-state index is 0.0428. The van der Waals surface area contributed by atoms with E-state index in [4.69, 9.17) is 11.2 Å². The number of rotatable bonds is 6. The third kappa shape index (κ3) is 7.00. The molecule has 0 aliphatic rings. The van der Waals surface area contributed by atoms with Gasteiger partial charge in [0.1, 0.15) is 23.4 Å². The van der Waals surface area contributed by atoms with Gasteiger partial charge in [-0.15, -0.1) is 0 Å². The number of aromatic hydroxyl groups is 1. The average Bonchev–Trinajstić information content (AvgIpc) is 2.74. The van der Waals surface area contributed by atoms with Crippen molar-refractivity contribution >= 4 is 23.6 Å². The average molecular weight is 480 g/mol. The van der Waals surface area contributed by atoms with Crippen LogP contribution in [-0.4, -0.2) is 39.6 Å². The van der Waals surface area contributed by atoms with Crippen LogP contribution in [0, 0.1) is 33.2 Å². The molecule has 0 saturated heterocycles. The number of nitrogens with zero attached hydrogens (tertiary/aromatic N) is 1. The van der Waals surface area contributed by atoms with Gasteiger partial charge in [-0.25, -0.2) is 4.79 Å². The van der Waals surface area contributed by atoms with Gasteiger partial charge in [-0.1, -0.05) is 30.7 Å². The van der Waals surface area contributed by atoms with Gasteiger partial charge in [-0.05, 0) is 82.9 Å². The highest BCUT2D eigenvalue weighted by atomic mass is 16.6. The molecule has 0 radical (unpaired) electrons. The summed E-state index contributed by atoms with van der Waals surface area (Å²) in [6.45, 7) is 12.0. The Morgan fingerprint density at radius 1 is 1.06 bits per heavy atom. The molecule has 0 aromatic heterocycles. The number of aryl methyl sites for hydroxylation is 3. The largest absolute Gasteiger partial charge is 0.508 e. The number of phenolic OH excluding ortho intramolecular Hbond substituents is 1. The van der Waals surface area contributed by atoms with Crippen molar-refractivity contribution < 1.29 is 24.2 Å². The Kier molecular flexibility index (Phi) is 8.53. The molecular formula is C27H33N3O5. The van der Waals surface area contributed by atoms with Gasteiger partial charge in [-0.3, -0.25) is 14.5 Å². The summed E-state index contributed by atoms with van der Waals surface area (Å²) >= 11 is 0. The summed E-state index contributed by atoms with van der Waals surface area (Å²) < 4.78 is 5.22. The fraction of sp³-hybridized carbons (Fsp3) is 0.370. The Labute approximate surface area is 206 Å². The predicted molar refractivity (Wildman–Crippen MR) is 135 cm³/mol. The van der Waals surface area contributed by atoms with Crippen LogP contribution in [0.1, 0.15) is 56.0 Å². The number of anilines is 1. The first kappa shape index (κ1) is 27.3. The van der Waals surface area contributed by atoms with Gasteiger partial charge >= 0.3 is 6.09 Å². The molecule has 186 valence electrons. The molecule has 8 heteroatoms. The lowest BCUT2D eigenvalue weighted by molar-refractivity contribution is -0.136. The second-order valence-corrected chi connectivity index (χ2v) is 9.41. The standard InChI is InChI=1S/C27H33N3O5/c1-9-30(25(33)19(5)28-26(34)35-27(6,7)8)23(20-13-14-21(31)18(4)15-20)24(32)29-22-16(2)11-10-12-17(22)3/h1,10-15,19,23,31H,2-8H3,(H,28,34)(H,29,32). The molecule has 2 atom stereocenters. The smallest absolute Gasteiger partial charge is 0.408 e. The first-order valence-corrected chi connectivity index (χ1v) is 11.2. The van der Waals surface area contributed by atoms with Crippen LogP contribution in [0.25, 0.3) is 0 Å². The van der Waals surface area contributed by atoms with E-state index in [2.05, 4.69) is 16.7 Å². The molecule has 0 aliphatic heterocycles. The van der Waals surface area contributed by atoms with Crippen LogP contribution >= 0.6 is 0 Å². The maximum atomic E-state index is 13.6. The Balaban J connectivity index is 2.44. The molecule has 2 unspecified atom stereocenters. The number of carbonyl (C=O) groups is 3. The lowest BCUT2D eigenvalue weighted by atomic mass is 10.00. The minimum atomic E-state index is -1.23. The summed E-state index contributed by atoms with van der Waals surface area (Å²) in [5, 5.41) is 15.3. The number of hydrogen-bond donors (Lipinski definition) is 3. The summed E-state index contributed by atoms with van der Waals surface area (Å²) in [6.07, 6.45) is 4.94. The van der Waals surface area contributed by atoms with Crippen LogP contribution in [0.5, 0.6) is 5.75 Å². The van der Waals surface area contributed by atoms with Crippen LogP contribution in [0.4, 0.5) is 10.5 Å². The quantitative estimate of drug-likeness (QED) is 0.422. The molecule has 8 nitrogen and oxygen atoms in total. The van der Waals surface area contributed by atoms with Crippen LogP contribution in [0.2, 0.25) is 0 Å². The molecule has 2 aromatic carbocycles. The molecular weight excluding hydrogens is 446 g/mol. The van der Waals surface area contributed by atoms with Gasteiger partial charge in [-0.2, -0.15) is 0 Å². The number of carbonyl (C=O) groups excluding carboxylic acids is 3. The molecule has 0 fully saturated rings. The summed E-state index contributed by atoms with van der Waals surface area (Å²) in [6, 6.07) is 10.2. The number of hydrogen-bond acceptors (Lipinski definition) is 5. The summed E-state index contributed by atoms with van der Waals surface area (Å²) in [5.74, 6) is -1.17. The van der Waals surface area contributed by atoms with Crippen molar-refractivity contribution in [2.45, 2.75) is 66.2 Å². The fourth-order valence-corrected chi connectivity index (χ4v) is 3.49. The highest BCUT2D eigenvalue weighted by Crippen LogP contribution is 2.29. The van der Waals surface area contributed by atoms with Crippen LogP contribution in [0.15, 0.2) is 36.4 Å². The van der Waals surface area contributed by atoms with E-state index in [1.165, 1.54) is 19.1 Å². The van der Waals surface area contributed by atoms with Gasteiger partial charge in [0.2, 0.25) is 0 Å². The molecule has 2 aromatic rings. The number of amides is 3. The first-order chi connectivity index (χ1) is 16.2. The summed E-state index contributed by atoms with van der Waals surface area (Å²) in [5.41, 5.74) is 2.46. The highest BCUT2D eigenvalue weighted by Gasteiger charge is 2.35. The molecule has 0 saturated carbocycles. The number of ether oxygens (including phenoxy) is 1. The van der Waals surface area contributed by atoms with Crippen LogP contribution < -0.4 is 10.6 Å². The van der Waals surface area contributed by atoms with E-state index in [9.17, 15) is 19.5 Å². The molecule has 0 bridgehead atoms. The monoisotopic (exact) mass is 479 g/mol. The maximum Gasteiger partial charge on any atom is 0.408 e. The third-order valence-corrected chi connectivity index (χ3v) is 5.25. The van der Waals surface area contributed by atoms with Crippen molar-refractivity contribution in [3.05, 3.63) is 58.7 Å². The van der Waals surface area contributed by atoms with Crippen molar-refractivity contribution in [2.75, 3.05) is 5.32 Å². The molecule has 3 amide bonds. The van der Waals surface area contributed by atoms with Gasteiger partial charge in [0.15, 0.2) is 0 Å². The van der Waals surface area contributed by atoms with Gasteiger partial charge in [0.05, 0.1) is 0 Å². The van der Waals surface area contributed by atoms with Crippen molar-refractivity contribution in [3.63, 3.8) is 0 Å². The first-order valence-electron chi connectivity index (χ1n) is 11.2. The fourth-order valence-electron chi connectivity index (χ4n) is 3.49. The Hall–Kier alpha value is -3.99. The van der Waals surface area contributed by atoms with Crippen molar-refractivity contribution in [2.24, 2.45) is 0 Å². The Morgan fingerprint density at radius 3 is 2.17 bits per heavy atom. The topological polar surface area (TPSA) is 108 Å². The van der Waals surface area contributed by atoms with Crippen molar-refractivity contribution in [3.8, 4) is 18.2 Å². The number of terminal acetylenes is 1. The number of phenols is 1. The highest BCUT2D eigenvalue weighted by molar-refractivity contribution is 6.00. The second-order valence-electron chi connectivity index (χ2n) is 9.41. The van der Waals surface area contributed by atoms with Gasteiger partial charge in [0, 0.05) is 11.7 Å². The second kappa shape index (κ2) is 11.0. The normalized spacial score (nSPS) is 12.6. The van der Waals surface area contributed by atoms with E-state index in [0.717, 1.165) is 16.0 Å². The van der Waals surface area contributed by atoms with E-state index in [1.807, 2.05) is 32.0 Å². The molecule has 3 N–H and O–H groups in total. The van der Waals surface area contributed by atoms with E-state index in [-0.39, 0.29) is 5.75 Å². The molecule has 2 rings (SSSR count). The van der Waals surface area contributed by atoms with Crippen molar-refractivity contribution in [1.29, 1.82) is 0 Å². The van der Waals surface area contributed by atoms with Gasteiger partial charge < -0.3 is 20.5 Å². The lowest BCUT2D eigenvalue weighted by Crippen LogP contribution is -2.49. The van der Waals surface area contributed by atoms with Crippen LogP contribution in [-0.2, 0) is 14.3 Å². The van der Waals surface area contributed by atoms with E-state index in [1.54, 1.807) is 33.8 Å². The molecule has 0 aliphatic carbocycles. The van der Waals surface area contributed by atoms with E-state index < -0.39 is 35.6 Å². The zero-order valence-corrected chi connectivity index (χ0v) is 21.2. The zero-order valence-electron chi connectivity index (χ0n) is 21.2. The summed E-state index contributed by atoms with van der Waals surface area (Å²) in [7, 11) is 0. The number of para-hydroxylation sites is 1. The molecule has 0 spiro atoms. The van der Waals surface area contributed by atoms with Crippen molar-refractivity contribution in [1.82, 2.24) is 10.2 Å². The van der Waals surface area contributed by atoms with E-state index in [0.29, 0.717) is 16.8 Å².